The average Bonchev–Trinajstić information content (AvgIpc) is 2.96. The average molecular weight is 381 g/mol. The highest BCUT2D eigenvalue weighted by Gasteiger charge is 2.27. The van der Waals surface area contributed by atoms with E-state index in [0.29, 0.717) is 6.54 Å². The van der Waals surface area contributed by atoms with Gasteiger partial charge in [-0.15, -0.1) is 10.2 Å². The van der Waals surface area contributed by atoms with Crippen LogP contribution in [-0.4, -0.2) is 44.6 Å². The van der Waals surface area contributed by atoms with Crippen LogP contribution in [0.25, 0.3) is 11.4 Å². The van der Waals surface area contributed by atoms with Crippen LogP contribution in [0.5, 0.6) is 0 Å². The maximum Gasteiger partial charge on any atom is 0.229 e. The van der Waals surface area contributed by atoms with Gasteiger partial charge in [-0.1, -0.05) is 18.6 Å². The molecule has 1 saturated heterocycles. The summed E-state index contributed by atoms with van der Waals surface area (Å²) in [6, 6.07) is 7.81. The lowest BCUT2D eigenvalue weighted by Crippen LogP contribution is -2.42. The van der Waals surface area contributed by atoms with Crippen molar-refractivity contribution in [1.82, 2.24) is 19.7 Å². The number of aryl methyl sites for hydroxylation is 1. The van der Waals surface area contributed by atoms with Gasteiger partial charge in [-0.25, -0.2) is 0 Å². The number of piperidine rings is 1. The third kappa shape index (κ3) is 3.93. The van der Waals surface area contributed by atoms with E-state index in [1.54, 1.807) is 11.8 Å². The molecular formula is C21H27N5O2. The molecule has 0 radical (unpaired) electrons. The quantitative estimate of drug-likeness (QED) is 0.887. The van der Waals surface area contributed by atoms with E-state index < -0.39 is 0 Å². The minimum atomic E-state index is -0.161. The van der Waals surface area contributed by atoms with Crippen molar-refractivity contribution < 1.29 is 9.59 Å². The molecule has 7 nitrogen and oxygen atoms in total. The Morgan fingerprint density at radius 1 is 1.11 bits per heavy atom. The number of hydrogen-bond acceptors (Lipinski definition) is 4. The molecule has 7 heteroatoms. The molecule has 2 aliphatic heterocycles. The first kappa shape index (κ1) is 18.7. The van der Waals surface area contributed by atoms with E-state index >= 15 is 0 Å². The van der Waals surface area contributed by atoms with E-state index in [0.717, 1.165) is 68.1 Å². The first-order valence-corrected chi connectivity index (χ1v) is 10.2. The zero-order valence-corrected chi connectivity index (χ0v) is 16.4. The molecule has 1 fully saturated rings. The fraction of sp³-hybridized carbons (Fsp3) is 0.524. The van der Waals surface area contributed by atoms with Crippen LogP contribution in [-0.2, 0) is 22.6 Å². The van der Waals surface area contributed by atoms with E-state index in [-0.39, 0.29) is 17.7 Å². The lowest BCUT2D eigenvalue weighted by molar-refractivity contribution is -0.132. The molecule has 1 N–H and O–H groups in total. The number of amides is 2. The second kappa shape index (κ2) is 8.12. The minimum absolute atomic E-state index is 0.0248. The van der Waals surface area contributed by atoms with Crippen molar-refractivity contribution in [3.63, 3.8) is 0 Å². The van der Waals surface area contributed by atoms with Crippen molar-refractivity contribution in [3.05, 3.63) is 30.1 Å². The maximum absolute atomic E-state index is 12.7. The van der Waals surface area contributed by atoms with Crippen molar-refractivity contribution >= 4 is 17.5 Å². The maximum atomic E-state index is 12.7. The Morgan fingerprint density at radius 3 is 2.86 bits per heavy atom. The van der Waals surface area contributed by atoms with Crippen molar-refractivity contribution in [1.29, 1.82) is 0 Å². The highest BCUT2D eigenvalue weighted by Crippen LogP contribution is 2.26. The van der Waals surface area contributed by atoms with Crippen LogP contribution in [0, 0.1) is 5.92 Å². The van der Waals surface area contributed by atoms with Gasteiger partial charge in [-0.05, 0) is 37.8 Å². The Kier molecular flexibility index (Phi) is 5.41. The Balaban J connectivity index is 1.49. The molecule has 2 amide bonds. The van der Waals surface area contributed by atoms with Crippen molar-refractivity contribution in [2.45, 2.75) is 52.0 Å². The number of benzene rings is 1. The van der Waals surface area contributed by atoms with E-state index in [4.69, 9.17) is 0 Å². The number of carbonyl (C=O) groups is 2. The fourth-order valence-electron chi connectivity index (χ4n) is 4.16. The van der Waals surface area contributed by atoms with Crippen LogP contribution in [0.1, 0.15) is 44.9 Å². The minimum Gasteiger partial charge on any atom is -0.342 e. The highest BCUT2D eigenvalue weighted by molar-refractivity contribution is 5.93. The molecule has 0 saturated carbocycles. The Hall–Kier alpha value is -2.70. The second-order valence-electron chi connectivity index (χ2n) is 7.78. The summed E-state index contributed by atoms with van der Waals surface area (Å²) >= 11 is 0. The first-order chi connectivity index (χ1) is 13.6. The number of likely N-dealkylation sites (tertiary alicyclic amines) is 1. The van der Waals surface area contributed by atoms with Gasteiger partial charge < -0.3 is 14.8 Å². The summed E-state index contributed by atoms with van der Waals surface area (Å²) in [7, 11) is 0. The molecule has 0 aliphatic carbocycles. The molecule has 28 heavy (non-hydrogen) atoms. The largest absolute Gasteiger partial charge is 0.342 e. The number of anilines is 1. The molecular weight excluding hydrogens is 354 g/mol. The van der Waals surface area contributed by atoms with Gasteiger partial charge in [0.25, 0.3) is 0 Å². The summed E-state index contributed by atoms with van der Waals surface area (Å²) in [4.78, 5) is 26.1. The van der Waals surface area contributed by atoms with Gasteiger partial charge in [-0.3, -0.25) is 9.59 Å². The van der Waals surface area contributed by atoms with E-state index in [1.807, 2.05) is 24.3 Å². The van der Waals surface area contributed by atoms with Crippen molar-refractivity contribution in [2.24, 2.45) is 5.92 Å². The summed E-state index contributed by atoms with van der Waals surface area (Å²) in [6.45, 7) is 3.74. The summed E-state index contributed by atoms with van der Waals surface area (Å²) in [6.07, 6.45) is 6.17. The Morgan fingerprint density at radius 2 is 2.00 bits per heavy atom. The molecule has 1 atom stereocenters. The second-order valence-corrected chi connectivity index (χ2v) is 7.78. The molecule has 1 aromatic heterocycles. The van der Waals surface area contributed by atoms with Crippen LogP contribution < -0.4 is 5.32 Å². The van der Waals surface area contributed by atoms with Gasteiger partial charge in [0.05, 0.1) is 5.92 Å². The molecule has 2 aliphatic rings. The number of carbonyl (C=O) groups excluding carboxylic acids is 2. The van der Waals surface area contributed by atoms with E-state index in [9.17, 15) is 9.59 Å². The van der Waals surface area contributed by atoms with Gasteiger partial charge in [0, 0.05) is 44.2 Å². The predicted octanol–water partition coefficient (Wildman–Crippen LogP) is 2.87. The predicted molar refractivity (Wildman–Crippen MR) is 107 cm³/mol. The third-order valence-electron chi connectivity index (χ3n) is 5.74. The topological polar surface area (TPSA) is 80.1 Å². The molecule has 4 rings (SSSR count). The van der Waals surface area contributed by atoms with Crippen LogP contribution in [0.2, 0.25) is 0 Å². The van der Waals surface area contributed by atoms with E-state index in [1.165, 1.54) is 6.42 Å². The third-order valence-corrected chi connectivity index (χ3v) is 5.74. The van der Waals surface area contributed by atoms with Gasteiger partial charge >= 0.3 is 0 Å². The van der Waals surface area contributed by atoms with E-state index in [2.05, 4.69) is 20.1 Å². The molecule has 148 valence electrons. The first-order valence-electron chi connectivity index (χ1n) is 10.2. The number of hydrogen-bond donors (Lipinski definition) is 1. The van der Waals surface area contributed by atoms with Gasteiger partial charge in [-0.2, -0.15) is 0 Å². The SMILES string of the molecule is CC(=O)N1CCC[C@H](C(=O)Nc2cccc(-c3nnc4n3CCCCC4)c2)C1. The summed E-state index contributed by atoms with van der Waals surface area (Å²) in [5, 5.41) is 11.8. The molecule has 2 aromatic rings. The van der Waals surface area contributed by atoms with Gasteiger partial charge in [0.2, 0.25) is 11.8 Å². The lowest BCUT2D eigenvalue weighted by atomic mass is 9.97. The van der Waals surface area contributed by atoms with Crippen molar-refractivity contribution in [2.75, 3.05) is 18.4 Å². The van der Waals surface area contributed by atoms with Crippen molar-refractivity contribution in [3.8, 4) is 11.4 Å². The monoisotopic (exact) mass is 381 g/mol. The molecule has 0 bridgehead atoms. The lowest BCUT2D eigenvalue weighted by Gasteiger charge is -2.31. The number of fused-ring (bicyclic) bond motifs is 1. The molecule has 1 aromatic carbocycles. The smallest absolute Gasteiger partial charge is 0.229 e. The zero-order valence-electron chi connectivity index (χ0n) is 16.4. The number of nitrogens with zero attached hydrogens (tertiary/aromatic N) is 4. The zero-order chi connectivity index (χ0) is 19.5. The highest BCUT2D eigenvalue weighted by atomic mass is 16.2. The summed E-state index contributed by atoms with van der Waals surface area (Å²) in [5.74, 6) is 1.77. The fourth-order valence-corrected chi connectivity index (χ4v) is 4.16. The molecule has 3 heterocycles. The number of rotatable bonds is 3. The number of nitrogens with one attached hydrogen (secondary N) is 1. The van der Waals surface area contributed by atoms with Crippen LogP contribution >= 0.6 is 0 Å². The Labute approximate surface area is 165 Å². The van der Waals surface area contributed by atoms with Gasteiger partial charge in [0.15, 0.2) is 5.82 Å². The summed E-state index contributed by atoms with van der Waals surface area (Å²) in [5.41, 5.74) is 1.72. The van der Waals surface area contributed by atoms with Crippen LogP contribution in [0.4, 0.5) is 5.69 Å². The molecule has 0 unspecified atom stereocenters. The standard InChI is InChI=1S/C21H27N5O2/c1-15(27)25-11-6-8-17(14-25)21(28)22-18-9-5-7-16(13-18)20-24-23-19-10-3-2-4-12-26(19)20/h5,7,9,13,17H,2-4,6,8,10-12,14H2,1H3,(H,22,28)/t17-/m0/s1. The molecule has 0 spiro atoms. The Bertz CT molecular complexity index is 875. The van der Waals surface area contributed by atoms with Crippen LogP contribution in [0.15, 0.2) is 24.3 Å². The van der Waals surface area contributed by atoms with Crippen LogP contribution in [0.3, 0.4) is 0 Å². The number of aromatic nitrogens is 3. The summed E-state index contributed by atoms with van der Waals surface area (Å²) < 4.78 is 2.21. The normalized spacial score (nSPS) is 19.6. The van der Waals surface area contributed by atoms with Gasteiger partial charge in [0.1, 0.15) is 5.82 Å².